The first kappa shape index (κ1) is 21.1. The van der Waals surface area contributed by atoms with Gasteiger partial charge in [-0.3, -0.25) is 4.79 Å². The van der Waals surface area contributed by atoms with Crippen molar-refractivity contribution in [2.75, 3.05) is 12.4 Å². The molecule has 0 fully saturated rings. The van der Waals surface area contributed by atoms with Crippen molar-refractivity contribution >= 4 is 24.0 Å². The molecule has 2 rings (SSSR count). The topological polar surface area (TPSA) is 80.0 Å². The lowest BCUT2D eigenvalue weighted by atomic mass is 10.1. The number of anilines is 1. The van der Waals surface area contributed by atoms with E-state index in [9.17, 15) is 4.79 Å². The molecule has 0 bridgehead atoms. The van der Waals surface area contributed by atoms with Crippen molar-refractivity contribution in [3.05, 3.63) is 29.6 Å². The van der Waals surface area contributed by atoms with Gasteiger partial charge in [0.15, 0.2) is 5.82 Å². The highest BCUT2D eigenvalue weighted by molar-refractivity contribution is 5.91. The molecule has 0 radical (unpaired) electrons. The number of benzene rings is 1. The smallest absolute Gasteiger partial charge is 0.257 e. The predicted molar refractivity (Wildman–Crippen MR) is 102 cm³/mol. The molecule has 0 aliphatic heterocycles. The lowest BCUT2D eigenvalue weighted by Gasteiger charge is -2.10. The SMILES string of the molecule is CNC(C)Cc1noc(-c2ccc(NC(=O)CC(C)C)c(C)c2)n1.Cl. The Bertz CT molecular complexity index is 700. The quantitative estimate of drug-likeness (QED) is 0.782. The maximum atomic E-state index is 11.9. The number of hydrogen-bond acceptors (Lipinski definition) is 5. The summed E-state index contributed by atoms with van der Waals surface area (Å²) in [5.41, 5.74) is 2.63. The molecule has 25 heavy (non-hydrogen) atoms. The number of carbonyl (C=O) groups is 1. The number of rotatable bonds is 7. The minimum Gasteiger partial charge on any atom is -0.334 e. The van der Waals surface area contributed by atoms with Crippen LogP contribution in [0.2, 0.25) is 0 Å². The number of hydrogen-bond donors (Lipinski definition) is 2. The number of amides is 1. The van der Waals surface area contributed by atoms with Crippen LogP contribution in [-0.4, -0.2) is 29.1 Å². The number of aromatic nitrogens is 2. The first-order valence-corrected chi connectivity index (χ1v) is 8.29. The number of nitrogens with one attached hydrogen (secondary N) is 2. The van der Waals surface area contributed by atoms with Crippen molar-refractivity contribution in [3.63, 3.8) is 0 Å². The zero-order valence-electron chi connectivity index (χ0n) is 15.4. The fraction of sp³-hybridized carbons (Fsp3) is 0.500. The van der Waals surface area contributed by atoms with Crippen molar-refractivity contribution in [2.45, 2.75) is 46.6 Å². The minimum atomic E-state index is 0. The molecule has 2 N–H and O–H groups in total. The summed E-state index contributed by atoms with van der Waals surface area (Å²) >= 11 is 0. The van der Waals surface area contributed by atoms with E-state index in [-0.39, 0.29) is 24.4 Å². The normalized spacial score (nSPS) is 11.9. The van der Waals surface area contributed by atoms with E-state index in [4.69, 9.17) is 4.52 Å². The molecule has 1 amide bonds. The van der Waals surface area contributed by atoms with Crippen LogP contribution >= 0.6 is 12.4 Å². The summed E-state index contributed by atoms with van der Waals surface area (Å²) < 4.78 is 5.35. The van der Waals surface area contributed by atoms with Crippen molar-refractivity contribution in [1.82, 2.24) is 15.5 Å². The third-order valence-electron chi connectivity index (χ3n) is 3.79. The number of likely N-dealkylation sites (N-methyl/N-ethyl adjacent to an activating group) is 1. The molecule has 2 aromatic rings. The molecule has 1 aromatic carbocycles. The van der Waals surface area contributed by atoms with Crippen LogP contribution in [0.1, 0.15) is 38.6 Å². The van der Waals surface area contributed by atoms with Crippen LogP contribution in [0.25, 0.3) is 11.5 Å². The Morgan fingerprint density at radius 3 is 2.60 bits per heavy atom. The van der Waals surface area contributed by atoms with E-state index in [0.717, 1.165) is 16.8 Å². The van der Waals surface area contributed by atoms with Crippen molar-refractivity contribution in [1.29, 1.82) is 0 Å². The maximum Gasteiger partial charge on any atom is 0.257 e. The first-order valence-electron chi connectivity index (χ1n) is 8.29. The van der Waals surface area contributed by atoms with Crippen LogP contribution in [0, 0.1) is 12.8 Å². The van der Waals surface area contributed by atoms with Gasteiger partial charge in [-0.05, 0) is 50.6 Å². The van der Waals surface area contributed by atoms with Gasteiger partial charge in [-0.25, -0.2) is 0 Å². The van der Waals surface area contributed by atoms with E-state index in [1.807, 2.05) is 46.0 Å². The van der Waals surface area contributed by atoms with Gasteiger partial charge in [0.05, 0.1) is 0 Å². The summed E-state index contributed by atoms with van der Waals surface area (Å²) in [5, 5.41) is 10.1. The maximum absolute atomic E-state index is 11.9. The number of halogens is 1. The molecule has 1 heterocycles. The van der Waals surface area contributed by atoms with Gasteiger partial charge >= 0.3 is 0 Å². The molecule has 7 heteroatoms. The van der Waals surface area contributed by atoms with Crippen molar-refractivity contribution in [3.8, 4) is 11.5 Å². The van der Waals surface area contributed by atoms with Gasteiger partial charge in [0, 0.05) is 30.1 Å². The van der Waals surface area contributed by atoms with Gasteiger partial charge in [-0.1, -0.05) is 19.0 Å². The van der Waals surface area contributed by atoms with E-state index in [1.54, 1.807) is 0 Å². The zero-order valence-corrected chi connectivity index (χ0v) is 16.2. The highest BCUT2D eigenvalue weighted by atomic mass is 35.5. The molecule has 0 aliphatic carbocycles. The fourth-order valence-corrected chi connectivity index (χ4v) is 2.34. The highest BCUT2D eigenvalue weighted by Crippen LogP contribution is 2.24. The lowest BCUT2D eigenvalue weighted by Crippen LogP contribution is -2.24. The predicted octanol–water partition coefficient (Wildman–Crippen LogP) is 3.60. The molecule has 0 spiro atoms. The lowest BCUT2D eigenvalue weighted by molar-refractivity contribution is -0.116. The van der Waals surface area contributed by atoms with Crippen LogP contribution in [0.5, 0.6) is 0 Å². The van der Waals surface area contributed by atoms with Crippen molar-refractivity contribution in [2.24, 2.45) is 5.92 Å². The summed E-state index contributed by atoms with van der Waals surface area (Å²) in [7, 11) is 1.90. The Morgan fingerprint density at radius 1 is 1.28 bits per heavy atom. The molecule has 6 nitrogen and oxygen atoms in total. The van der Waals surface area contributed by atoms with Gasteiger partial charge in [-0.15, -0.1) is 12.4 Å². The third kappa shape index (κ3) is 6.14. The number of carbonyl (C=O) groups excluding carboxylic acids is 1. The monoisotopic (exact) mass is 366 g/mol. The molecular formula is C18H27ClN4O2. The molecular weight excluding hydrogens is 340 g/mol. The van der Waals surface area contributed by atoms with E-state index in [0.29, 0.717) is 30.5 Å². The Morgan fingerprint density at radius 2 is 2.00 bits per heavy atom. The zero-order chi connectivity index (χ0) is 17.7. The van der Waals surface area contributed by atoms with Crippen LogP contribution in [0.3, 0.4) is 0 Å². The second-order valence-corrected chi connectivity index (χ2v) is 6.59. The van der Waals surface area contributed by atoms with Crippen LogP contribution in [0.15, 0.2) is 22.7 Å². The Kier molecular flexibility index (Phi) is 8.06. The number of nitrogens with zero attached hydrogens (tertiary/aromatic N) is 2. The molecule has 0 saturated carbocycles. The summed E-state index contributed by atoms with van der Waals surface area (Å²) in [6.07, 6.45) is 1.22. The van der Waals surface area contributed by atoms with E-state index in [1.165, 1.54) is 0 Å². The van der Waals surface area contributed by atoms with Crippen LogP contribution in [-0.2, 0) is 11.2 Å². The van der Waals surface area contributed by atoms with E-state index in [2.05, 4.69) is 27.7 Å². The van der Waals surface area contributed by atoms with Crippen LogP contribution in [0.4, 0.5) is 5.69 Å². The molecule has 0 aliphatic rings. The van der Waals surface area contributed by atoms with Gasteiger partial charge in [0.25, 0.3) is 5.89 Å². The average molecular weight is 367 g/mol. The summed E-state index contributed by atoms with van der Waals surface area (Å²) in [4.78, 5) is 16.3. The Hall–Kier alpha value is -1.92. The molecule has 1 atom stereocenters. The first-order chi connectivity index (χ1) is 11.4. The van der Waals surface area contributed by atoms with Gasteiger partial charge in [-0.2, -0.15) is 4.98 Å². The molecule has 1 unspecified atom stereocenters. The molecule has 0 saturated heterocycles. The standard InChI is InChI=1S/C18H26N4O2.ClH/c1-11(2)8-17(23)20-15-7-6-14(9-12(15)3)18-21-16(22-24-18)10-13(4)19-5;/h6-7,9,11,13,19H,8,10H2,1-5H3,(H,20,23);1H. The second-order valence-electron chi connectivity index (χ2n) is 6.59. The second kappa shape index (κ2) is 9.53. The van der Waals surface area contributed by atoms with Crippen molar-refractivity contribution < 1.29 is 9.32 Å². The molecule has 1 aromatic heterocycles. The Labute approximate surface area is 155 Å². The summed E-state index contributed by atoms with van der Waals surface area (Å²) in [5.74, 6) is 1.54. The minimum absolute atomic E-state index is 0. The van der Waals surface area contributed by atoms with Crippen LogP contribution < -0.4 is 10.6 Å². The number of aryl methyl sites for hydroxylation is 1. The average Bonchev–Trinajstić information content (AvgIpc) is 2.96. The van der Waals surface area contributed by atoms with Gasteiger partial charge < -0.3 is 15.2 Å². The van der Waals surface area contributed by atoms with E-state index >= 15 is 0 Å². The summed E-state index contributed by atoms with van der Waals surface area (Å²) in [6, 6.07) is 6.00. The molecule has 138 valence electrons. The summed E-state index contributed by atoms with van der Waals surface area (Å²) in [6.45, 7) is 8.07. The largest absolute Gasteiger partial charge is 0.334 e. The van der Waals surface area contributed by atoms with Gasteiger partial charge in [0.2, 0.25) is 5.91 Å². The van der Waals surface area contributed by atoms with E-state index < -0.39 is 0 Å². The third-order valence-corrected chi connectivity index (χ3v) is 3.79. The van der Waals surface area contributed by atoms with Gasteiger partial charge in [0.1, 0.15) is 0 Å². The Balaban J connectivity index is 0.00000312. The fourth-order valence-electron chi connectivity index (χ4n) is 2.34. The highest BCUT2D eigenvalue weighted by Gasteiger charge is 2.13.